The van der Waals surface area contributed by atoms with Crippen LogP contribution in [0.4, 0.5) is 0 Å². The van der Waals surface area contributed by atoms with Crippen LogP contribution in [-0.2, 0) is 33.4 Å². The molecule has 178 valence electrons. The maximum Gasteiger partial charge on any atom is 0.337 e. The molecule has 0 aromatic rings. The molecule has 2 atom stereocenters. The lowest BCUT2D eigenvalue weighted by atomic mass is 9.85. The zero-order valence-electron chi connectivity index (χ0n) is 19.5. The van der Waals surface area contributed by atoms with E-state index >= 15 is 0 Å². The van der Waals surface area contributed by atoms with Crippen LogP contribution >= 0.6 is 0 Å². The summed E-state index contributed by atoms with van der Waals surface area (Å²) >= 11 is 0. The van der Waals surface area contributed by atoms with Crippen LogP contribution in [0, 0.1) is 11.8 Å². The van der Waals surface area contributed by atoms with Crippen LogP contribution < -0.4 is 10.6 Å². The van der Waals surface area contributed by atoms with Crippen LogP contribution in [0.1, 0.15) is 60.3 Å². The first-order valence-electron chi connectivity index (χ1n) is 11.2. The van der Waals surface area contributed by atoms with Crippen LogP contribution in [0.3, 0.4) is 0 Å². The van der Waals surface area contributed by atoms with Gasteiger partial charge in [0, 0.05) is 17.4 Å². The van der Waals surface area contributed by atoms with E-state index in [0.29, 0.717) is 17.3 Å². The molecule has 1 aliphatic carbocycles. The molecule has 1 saturated carbocycles. The third-order valence-corrected chi connectivity index (χ3v) is 5.79. The fourth-order valence-electron chi connectivity index (χ4n) is 4.19. The van der Waals surface area contributed by atoms with Gasteiger partial charge in [0.25, 0.3) is 5.91 Å². The number of nitrogens with one attached hydrogen (secondary N) is 2. The topological polar surface area (TPSA) is 120 Å². The van der Waals surface area contributed by atoms with Gasteiger partial charge in [-0.15, -0.1) is 0 Å². The Morgan fingerprint density at radius 1 is 0.906 bits per heavy atom. The SMILES string of the molecule is CCOC(=O)C1=C(C)NC(C)=C(C(=O)OCC)C1C(=O)OCC(=O)N[C@H]1CCCC[C@H]1C. The first kappa shape index (κ1) is 25.4. The fourth-order valence-corrected chi connectivity index (χ4v) is 4.19. The van der Waals surface area contributed by atoms with Gasteiger partial charge in [-0.3, -0.25) is 9.59 Å². The summed E-state index contributed by atoms with van der Waals surface area (Å²) in [6, 6.07) is 0.0447. The molecule has 0 spiro atoms. The van der Waals surface area contributed by atoms with Crippen LogP contribution in [0.5, 0.6) is 0 Å². The van der Waals surface area contributed by atoms with Crippen molar-refractivity contribution in [3.05, 3.63) is 22.5 Å². The van der Waals surface area contributed by atoms with Gasteiger partial charge in [0.05, 0.1) is 24.4 Å². The second kappa shape index (κ2) is 11.7. The van der Waals surface area contributed by atoms with E-state index in [4.69, 9.17) is 14.2 Å². The zero-order chi connectivity index (χ0) is 23.8. The highest BCUT2D eigenvalue weighted by Gasteiger charge is 2.42. The summed E-state index contributed by atoms with van der Waals surface area (Å²) in [5, 5.41) is 5.85. The molecular weight excluding hydrogens is 416 g/mol. The van der Waals surface area contributed by atoms with Gasteiger partial charge in [0.2, 0.25) is 0 Å². The Hall–Kier alpha value is -2.84. The number of allylic oxidation sites excluding steroid dienone is 2. The molecule has 0 aromatic heterocycles. The Morgan fingerprint density at radius 3 is 1.94 bits per heavy atom. The Bertz CT molecular complexity index is 775. The van der Waals surface area contributed by atoms with Crippen molar-refractivity contribution in [2.24, 2.45) is 11.8 Å². The molecule has 0 saturated heterocycles. The number of hydrogen-bond acceptors (Lipinski definition) is 8. The average Bonchev–Trinajstić information content (AvgIpc) is 2.73. The van der Waals surface area contributed by atoms with Gasteiger partial charge in [-0.2, -0.15) is 0 Å². The molecule has 1 heterocycles. The predicted octanol–water partition coefficient (Wildman–Crippen LogP) is 2.12. The highest BCUT2D eigenvalue weighted by molar-refractivity contribution is 6.05. The van der Waals surface area contributed by atoms with E-state index in [2.05, 4.69) is 17.6 Å². The van der Waals surface area contributed by atoms with Crippen molar-refractivity contribution in [1.82, 2.24) is 10.6 Å². The Balaban J connectivity index is 2.21. The summed E-state index contributed by atoms with van der Waals surface area (Å²) in [6.07, 6.45) is 4.12. The highest BCUT2D eigenvalue weighted by atomic mass is 16.5. The third kappa shape index (κ3) is 6.11. The number of ether oxygens (including phenoxy) is 3. The molecule has 0 bridgehead atoms. The third-order valence-electron chi connectivity index (χ3n) is 5.79. The van der Waals surface area contributed by atoms with Crippen LogP contribution in [0.15, 0.2) is 22.5 Å². The van der Waals surface area contributed by atoms with Gasteiger partial charge < -0.3 is 24.8 Å². The second-order valence-electron chi connectivity index (χ2n) is 8.12. The molecule has 2 aliphatic rings. The summed E-state index contributed by atoms with van der Waals surface area (Å²) in [5.41, 5.74) is 0.673. The van der Waals surface area contributed by atoms with Gasteiger partial charge in [0.15, 0.2) is 6.61 Å². The van der Waals surface area contributed by atoms with Crippen LogP contribution in [-0.4, -0.2) is 49.7 Å². The molecule has 2 N–H and O–H groups in total. The van der Waals surface area contributed by atoms with Gasteiger partial charge >= 0.3 is 17.9 Å². The van der Waals surface area contributed by atoms with Gasteiger partial charge in [-0.1, -0.05) is 19.8 Å². The van der Waals surface area contributed by atoms with E-state index in [1.165, 1.54) is 0 Å². The summed E-state index contributed by atoms with van der Waals surface area (Å²) in [5.74, 6) is -3.78. The summed E-state index contributed by atoms with van der Waals surface area (Å²) in [6.45, 7) is 8.26. The molecule has 1 aliphatic heterocycles. The molecule has 1 fully saturated rings. The monoisotopic (exact) mass is 450 g/mol. The van der Waals surface area contributed by atoms with E-state index in [1.807, 2.05) is 0 Å². The lowest BCUT2D eigenvalue weighted by Crippen LogP contribution is -2.44. The molecule has 2 rings (SSSR count). The summed E-state index contributed by atoms with van der Waals surface area (Å²) in [7, 11) is 0. The van der Waals surface area contributed by atoms with Crippen molar-refractivity contribution >= 4 is 23.8 Å². The number of amides is 1. The van der Waals surface area contributed by atoms with Gasteiger partial charge in [-0.25, -0.2) is 9.59 Å². The van der Waals surface area contributed by atoms with Crippen molar-refractivity contribution in [2.45, 2.75) is 66.3 Å². The van der Waals surface area contributed by atoms with Crippen molar-refractivity contribution in [2.75, 3.05) is 19.8 Å². The Morgan fingerprint density at radius 2 is 1.44 bits per heavy atom. The fraction of sp³-hybridized carbons (Fsp3) is 0.652. The lowest BCUT2D eigenvalue weighted by Gasteiger charge is -2.30. The first-order chi connectivity index (χ1) is 15.2. The number of dihydropyridines is 1. The Kier molecular flexibility index (Phi) is 9.28. The lowest BCUT2D eigenvalue weighted by molar-refractivity contribution is -0.154. The molecule has 0 radical (unpaired) electrons. The number of carbonyl (C=O) groups is 4. The maximum atomic E-state index is 13.1. The molecule has 0 aromatic carbocycles. The summed E-state index contributed by atoms with van der Waals surface area (Å²) < 4.78 is 15.5. The molecule has 0 unspecified atom stereocenters. The standard InChI is InChI=1S/C23H34N2O7/c1-6-30-21(27)18-14(4)24-15(5)19(22(28)31-7-2)20(18)23(29)32-12-17(26)25-16-11-9-8-10-13(16)3/h13,16,20,24H,6-12H2,1-5H3,(H,25,26)/t13-,16+/m1/s1. The van der Waals surface area contributed by atoms with Crippen LogP contribution in [0.25, 0.3) is 0 Å². The highest BCUT2D eigenvalue weighted by Crippen LogP contribution is 2.32. The smallest absolute Gasteiger partial charge is 0.337 e. The van der Waals surface area contributed by atoms with Gasteiger partial charge in [0.1, 0.15) is 5.92 Å². The molecule has 1 amide bonds. The zero-order valence-corrected chi connectivity index (χ0v) is 19.5. The molecule has 32 heavy (non-hydrogen) atoms. The van der Waals surface area contributed by atoms with E-state index < -0.39 is 36.3 Å². The summed E-state index contributed by atoms with van der Waals surface area (Å²) in [4.78, 5) is 50.7. The van der Waals surface area contributed by atoms with Crippen molar-refractivity contribution in [1.29, 1.82) is 0 Å². The van der Waals surface area contributed by atoms with E-state index in [9.17, 15) is 19.2 Å². The number of esters is 3. The number of rotatable bonds is 8. The predicted molar refractivity (Wildman–Crippen MR) is 116 cm³/mol. The number of carbonyl (C=O) groups excluding carboxylic acids is 4. The molecule has 9 heteroatoms. The minimum atomic E-state index is -1.35. The van der Waals surface area contributed by atoms with Crippen LogP contribution in [0.2, 0.25) is 0 Å². The largest absolute Gasteiger partial charge is 0.463 e. The first-order valence-corrected chi connectivity index (χ1v) is 11.2. The van der Waals surface area contributed by atoms with Crippen molar-refractivity contribution < 1.29 is 33.4 Å². The molecule has 9 nitrogen and oxygen atoms in total. The second-order valence-corrected chi connectivity index (χ2v) is 8.12. The van der Waals surface area contributed by atoms with Gasteiger partial charge in [-0.05, 0) is 46.5 Å². The minimum absolute atomic E-state index is 0.0354. The maximum absolute atomic E-state index is 13.1. The number of hydrogen-bond donors (Lipinski definition) is 2. The minimum Gasteiger partial charge on any atom is -0.463 e. The van der Waals surface area contributed by atoms with Crippen molar-refractivity contribution in [3.8, 4) is 0 Å². The van der Waals surface area contributed by atoms with Crippen molar-refractivity contribution in [3.63, 3.8) is 0 Å². The van der Waals surface area contributed by atoms with E-state index in [0.717, 1.165) is 25.7 Å². The normalized spacial score (nSPS) is 21.5. The van der Waals surface area contributed by atoms with E-state index in [1.54, 1.807) is 27.7 Å². The average molecular weight is 451 g/mol. The van der Waals surface area contributed by atoms with E-state index in [-0.39, 0.29) is 30.4 Å². The Labute approximate surface area is 188 Å². The quantitative estimate of drug-likeness (QED) is 0.426. The molecular formula is C23H34N2O7.